The van der Waals surface area contributed by atoms with Crippen molar-refractivity contribution < 1.29 is 27.5 Å². The second-order valence-electron chi connectivity index (χ2n) is 7.97. The van der Waals surface area contributed by atoms with E-state index in [1.165, 1.54) is 42.7 Å². The first kappa shape index (κ1) is 26.0. The number of benzene rings is 2. The number of carbonyl (C=O) groups excluding carboxylic acids is 2. The SMILES string of the molecule is CCOC(=O)c1c(NC(=O)CN(c2cc(Cl)ccc2OC)S(=O)(=O)c2ccccc2)sc2c1CCC2. The largest absolute Gasteiger partial charge is 0.495 e. The van der Waals surface area contributed by atoms with Crippen molar-refractivity contribution in [2.24, 2.45) is 0 Å². The minimum atomic E-state index is -4.18. The zero-order chi connectivity index (χ0) is 25.9. The van der Waals surface area contributed by atoms with Gasteiger partial charge in [0.25, 0.3) is 10.0 Å². The second-order valence-corrected chi connectivity index (χ2v) is 11.4. The first-order chi connectivity index (χ1) is 17.3. The van der Waals surface area contributed by atoms with Gasteiger partial charge in [-0.3, -0.25) is 9.10 Å². The molecule has 0 radical (unpaired) electrons. The number of carbonyl (C=O) groups is 2. The van der Waals surface area contributed by atoms with Crippen LogP contribution in [0.15, 0.2) is 53.4 Å². The van der Waals surface area contributed by atoms with Gasteiger partial charge in [0.1, 0.15) is 17.3 Å². The molecule has 0 fully saturated rings. The average molecular weight is 549 g/mol. The molecule has 1 N–H and O–H groups in total. The monoisotopic (exact) mass is 548 g/mol. The molecule has 0 unspecified atom stereocenters. The van der Waals surface area contributed by atoms with Gasteiger partial charge in [0.15, 0.2) is 0 Å². The predicted molar refractivity (Wildman–Crippen MR) is 140 cm³/mol. The third-order valence-electron chi connectivity index (χ3n) is 5.68. The van der Waals surface area contributed by atoms with Crippen LogP contribution in [0.3, 0.4) is 0 Å². The Morgan fingerprint density at radius 2 is 1.89 bits per heavy atom. The molecule has 0 atom stereocenters. The summed E-state index contributed by atoms with van der Waals surface area (Å²) >= 11 is 7.50. The lowest BCUT2D eigenvalue weighted by atomic mass is 10.1. The summed E-state index contributed by atoms with van der Waals surface area (Å²) in [5.74, 6) is -0.895. The topological polar surface area (TPSA) is 102 Å². The molecule has 1 aromatic heterocycles. The highest BCUT2D eigenvalue weighted by molar-refractivity contribution is 7.92. The maximum atomic E-state index is 13.6. The number of nitrogens with one attached hydrogen (secondary N) is 1. The molecule has 36 heavy (non-hydrogen) atoms. The Kier molecular flexibility index (Phi) is 7.87. The Labute approximate surface area is 218 Å². The molecule has 11 heteroatoms. The summed E-state index contributed by atoms with van der Waals surface area (Å²) in [6.45, 7) is 1.35. The lowest BCUT2D eigenvalue weighted by Gasteiger charge is -2.25. The molecule has 3 aromatic rings. The zero-order valence-electron chi connectivity index (χ0n) is 19.7. The van der Waals surface area contributed by atoms with Gasteiger partial charge >= 0.3 is 5.97 Å². The molecular formula is C25H25ClN2O6S2. The first-order valence-electron chi connectivity index (χ1n) is 11.3. The van der Waals surface area contributed by atoms with Crippen LogP contribution < -0.4 is 14.4 Å². The number of fused-ring (bicyclic) bond motifs is 1. The molecule has 190 valence electrons. The quantitative estimate of drug-likeness (QED) is 0.381. The summed E-state index contributed by atoms with van der Waals surface area (Å²) in [6, 6.07) is 12.3. The number of ether oxygens (including phenoxy) is 2. The van der Waals surface area contributed by atoms with Crippen molar-refractivity contribution in [2.45, 2.75) is 31.1 Å². The Balaban J connectivity index is 1.71. The fraction of sp³-hybridized carbons (Fsp3) is 0.280. The van der Waals surface area contributed by atoms with Gasteiger partial charge in [0, 0.05) is 9.90 Å². The van der Waals surface area contributed by atoms with Crippen LogP contribution in [-0.4, -0.2) is 40.6 Å². The summed E-state index contributed by atoms with van der Waals surface area (Å²) < 4.78 is 38.8. The van der Waals surface area contributed by atoms with Crippen LogP contribution in [0.25, 0.3) is 0 Å². The summed E-state index contributed by atoms with van der Waals surface area (Å²) in [4.78, 5) is 27.0. The zero-order valence-corrected chi connectivity index (χ0v) is 22.1. The maximum Gasteiger partial charge on any atom is 0.341 e. The summed E-state index contributed by atoms with van der Waals surface area (Å²) in [5.41, 5.74) is 1.35. The molecule has 1 aliphatic rings. The van der Waals surface area contributed by atoms with Gasteiger partial charge in [-0.05, 0) is 62.1 Å². The van der Waals surface area contributed by atoms with E-state index >= 15 is 0 Å². The maximum absolute atomic E-state index is 13.6. The van der Waals surface area contributed by atoms with E-state index in [9.17, 15) is 18.0 Å². The van der Waals surface area contributed by atoms with E-state index in [1.54, 1.807) is 31.2 Å². The van der Waals surface area contributed by atoms with Crippen molar-refractivity contribution in [3.05, 3.63) is 69.6 Å². The lowest BCUT2D eigenvalue weighted by molar-refractivity contribution is -0.114. The number of amides is 1. The molecule has 0 aliphatic heterocycles. The van der Waals surface area contributed by atoms with E-state index in [1.807, 2.05) is 0 Å². The van der Waals surface area contributed by atoms with Gasteiger partial charge in [-0.2, -0.15) is 0 Å². The number of methoxy groups -OCH3 is 1. The van der Waals surface area contributed by atoms with E-state index in [2.05, 4.69) is 5.32 Å². The Hall–Kier alpha value is -3.08. The second kappa shape index (κ2) is 10.9. The highest BCUT2D eigenvalue weighted by atomic mass is 35.5. The average Bonchev–Trinajstić information content (AvgIpc) is 3.44. The summed E-state index contributed by atoms with van der Waals surface area (Å²) in [7, 11) is -2.77. The van der Waals surface area contributed by atoms with Crippen molar-refractivity contribution in [2.75, 3.05) is 29.9 Å². The van der Waals surface area contributed by atoms with E-state index in [0.29, 0.717) is 10.6 Å². The van der Waals surface area contributed by atoms with Crippen molar-refractivity contribution in [3.63, 3.8) is 0 Å². The van der Waals surface area contributed by atoms with Crippen LogP contribution in [0.1, 0.15) is 34.1 Å². The molecule has 1 amide bonds. The standard InChI is InChI=1S/C25H25ClN2O6S2/c1-3-34-25(30)23-18-10-7-11-21(18)35-24(23)27-22(29)15-28(19-14-16(26)12-13-20(19)33-2)36(31,32)17-8-5-4-6-9-17/h4-6,8-9,12-14H,3,7,10-11,15H2,1-2H3,(H,27,29). The summed E-state index contributed by atoms with van der Waals surface area (Å²) in [6.07, 6.45) is 2.47. The molecule has 1 aliphatic carbocycles. The molecule has 0 spiro atoms. The molecule has 2 aromatic carbocycles. The van der Waals surface area contributed by atoms with Crippen LogP contribution in [0.5, 0.6) is 5.75 Å². The van der Waals surface area contributed by atoms with Crippen LogP contribution >= 0.6 is 22.9 Å². The number of halogens is 1. The van der Waals surface area contributed by atoms with Crippen LogP contribution in [0, 0.1) is 0 Å². The molecule has 0 saturated carbocycles. The fourth-order valence-corrected chi connectivity index (χ4v) is 6.99. The normalized spacial score (nSPS) is 12.6. The Bertz CT molecular complexity index is 1390. The molecular weight excluding hydrogens is 524 g/mol. The molecule has 4 rings (SSSR count). The van der Waals surface area contributed by atoms with Gasteiger partial charge in [-0.1, -0.05) is 29.8 Å². The van der Waals surface area contributed by atoms with Crippen LogP contribution in [0.2, 0.25) is 5.02 Å². The fourth-order valence-electron chi connectivity index (χ4n) is 4.09. The number of esters is 1. The van der Waals surface area contributed by atoms with E-state index in [-0.39, 0.29) is 28.0 Å². The van der Waals surface area contributed by atoms with Crippen molar-refractivity contribution in [1.29, 1.82) is 0 Å². The van der Waals surface area contributed by atoms with Crippen molar-refractivity contribution >= 4 is 55.5 Å². The van der Waals surface area contributed by atoms with E-state index in [4.69, 9.17) is 21.1 Å². The highest BCUT2D eigenvalue weighted by Crippen LogP contribution is 2.40. The number of rotatable bonds is 9. The molecule has 1 heterocycles. The number of hydrogen-bond donors (Lipinski definition) is 1. The molecule has 8 nitrogen and oxygen atoms in total. The highest BCUT2D eigenvalue weighted by Gasteiger charge is 2.32. The van der Waals surface area contributed by atoms with E-state index < -0.39 is 28.4 Å². The number of hydrogen-bond acceptors (Lipinski definition) is 7. The smallest absolute Gasteiger partial charge is 0.341 e. The number of aryl methyl sites for hydroxylation is 1. The van der Waals surface area contributed by atoms with Crippen LogP contribution in [-0.2, 0) is 32.4 Å². The van der Waals surface area contributed by atoms with Crippen molar-refractivity contribution in [3.8, 4) is 5.75 Å². The van der Waals surface area contributed by atoms with Crippen LogP contribution in [0.4, 0.5) is 10.7 Å². The van der Waals surface area contributed by atoms with Crippen molar-refractivity contribution in [1.82, 2.24) is 0 Å². The minimum absolute atomic E-state index is 0.00198. The van der Waals surface area contributed by atoms with Gasteiger partial charge in [-0.25, -0.2) is 13.2 Å². The Morgan fingerprint density at radius 1 is 1.14 bits per heavy atom. The summed E-state index contributed by atoms with van der Waals surface area (Å²) in [5, 5.41) is 3.39. The number of sulfonamides is 1. The molecule has 0 saturated heterocycles. The van der Waals surface area contributed by atoms with Gasteiger partial charge in [0.2, 0.25) is 5.91 Å². The van der Waals surface area contributed by atoms with Gasteiger partial charge in [-0.15, -0.1) is 11.3 Å². The Morgan fingerprint density at radius 3 is 2.58 bits per heavy atom. The van der Waals surface area contributed by atoms with Gasteiger partial charge in [0.05, 0.1) is 29.9 Å². The van der Waals surface area contributed by atoms with E-state index in [0.717, 1.165) is 34.0 Å². The number of anilines is 2. The number of nitrogens with zero attached hydrogens (tertiary/aromatic N) is 1. The first-order valence-corrected chi connectivity index (χ1v) is 13.9. The third-order valence-corrected chi connectivity index (χ3v) is 8.90. The predicted octanol–water partition coefficient (Wildman–Crippen LogP) is 4.91. The number of thiophene rings is 1. The van der Waals surface area contributed by atoms with Gasteiger partial charge < -0.3 is 14.8 Å². The minimum Gasteiger partial charge on any atom is -0.495 e. The lowest BCUT2D eigenvalue weighted by Crippen LogP contribution is -2.38. The third kappa shape index (κ3) is 5.21. The molecule has 0 bridgehead atoms.